The van der Waals surface area contributed by atoms with Crippen molar-refractivity contribution in [3.05, 3.63) is 68.9 Å². The molecular formula is C14H8BrF3O. The molecule has 0 amide bonds. The first-order valence-corrected chi connectivity index (χ1v) is 6.15. The number of hydrogen-bond donors (Lipinski definition) is 0. The topological polar surface area (TPSA) is 17.1 Å². The predicted molar refractivity (Wildman–Crippen MR) is 68.6 cm³/mol. The molecule has 98 valence electrons. The zero-order valence-corrected chi connectivity index (χ0v) is 11.4. The van der Waals surface area contributed by atoms with Crippen LogP contribution >= 0.6 is 15.9 Å². The Labute approximate surface area is 116 Å². The number of carbonyl (C=O) groups excluding carboxylic acids is 1. The highest BCUT2D eigenvalue weighted by atomic mass is 79.9. The average Bonchev–Trinajstić information content (AvgIpc) is 2.35. The Hall–Kier alpha value is -1.62. The molecule has 0 aliphatic rings. The average molecular weight is 329 g/mol. The number of ketones is 1. The van der Waals surface area contributed by atoms with E-state index in [1.165, 1.54) is 6.07 Å². The maximum Gasteiger partial charge on any atom is 0.196 e. The SMILES string of the molecule is Cc1cc(Br)ccc1C(=O)c1ccc(F)c(F)c1F. The lowest BCUT2D eigenvalue weighted by Crippen LogP contribution is -2.08. The summed E-state index contributed by atoms with van der Waals surface area (Å²) in [5.74, 6) is -5.10. The molecule has 0 aromatic heterocycles. The highest BCUT2D eigenvalue weighted by molar-refractivity contribution is 9.10. The second kappa shape index (κ2) is 5.17. The van der Waals surface area contributed by atoms with Crippen LogP contribution in [0.2, 0.25) is 0 Å². The highest BCUT2D eigenvalue weighted by Crippen LogP contribution is 2.22. The maximum absolute atomic E-state index is 13.6. The molecule has 0 unspecified atom stereocenters. The molecule has 5 heteroatoms. The molecule has 0 aliphatic heterocycles. The second-order valence-electron chi connectivity index (χ2n) is 4.01. The monoisotopic (exact) mass is 328 g/mol. The van der Waals surface area contributed by atoms with E-state index in [0.29, 0.717) is 5.56 Å². The van der Waals surface area contributed by atoms with Crippen LogP contribution in [0.5, 0.6) is 0 Å². The molecule has 0 spiro atoms. The van der Waals surface area contributed by atoms with E-state index in [9.17, 15) is 18.0 Å². The molecule has 0 fully saturated rings. The summed E-state index contributed by atoms with van der Waals surface area (Å²) in [4.78, 5) is 12.1. The standard InChI is InChI=1S/C14H8BrF3O/c1-7-6-8(15)2-3-9(7)14(19)10-4-5-11(16)13(18)12(10)17/h2-6H,1H3. The smallest absolute Gasteiger partial charge is 0.196 e. The van der Waals surface area contributed by atoms with Crippen LogP contribution in [0.25, 0.3) is 0 Å². The zero-order chi connectivity index (χ0) is 14.2. The quantitative estimate of drug-likeness (QED) is 0.589. The number of carbonyl (C=O) groups is 1. The van der Waals surface area contributed by atoms with Gasteiger partial charge in [-0.2, -0.15) is 0 Å². The van der Waals surface area contributed by atoms with E-state index in [-0.39, 0.29) is 5.56 Å². The van der Waals surface area contributed by atoms with Gasteiger partial charge in [-0.05, 0) is 42.8 Å². The summed E-state index contributed by atoms with van der Waals surface area (Å²) in [6, 6.07) is 6.49. The van der Waals surface area contributed by atoms with E-state index >= 15 is 0 Å². The Kier molecular flexibility index (Phi) is 3.75. The van der Waals surface area contributed by atoms with Gasteiger partial charge in [0.1, 0.15) is 0 Å². The molecular weight excluding hydrogens is 321 g/mol. The molecule has 0 aliphatic carbocycles. The van der Waals surface area contributed by atoms with Gasteiger partial charge in [-0.15, -0.1) is 0 Å². The van der Waals surface area contributed by atoms with Gasteiger partial charge in [0.15, 0.2) is 23.2 Å². The van der Waals surface area contributed by atoms with Crippen LogP contribution in [0.3, 0.4) is 0 Å². The van der Waals surface area contributed by atoms with Crippen molar-refractivity contribution >= 4 is 21.7 Å². The molecule has 0 saturated heterocycles. The summed E-state index contributed by atoms with van der Waals surface area (Å²) in [7, 11) is 0. The van der Waals surface area contributed by atoms with Gasteiger partial charge in [0.2, 0.25) is 0 Å². The first-order valence-electron chi connectivity index (χ1n) is 5.36. The number of halogens is 4. The molecule has 1 nitrogen and oxygen atoms in total. The van der Waals surface area contributed by atoms with Gasteiger partial charge in [0, 0.05) is 10.0 Å². The summed E-state index contributed by atoms with van der Waals surface area (Å²) >= 11 is 3.24. The number of benzene rings is 2. The normalized spacial score (nSPS) is 10.6. The van der Waals surface area contributed by atoms with E-state index in [0.717, 1.165) is 16.6 Å². The third-order valence-electron chi connectivity index (χ3n) is 2.71. The van der Waals surface area contributed by atoms with Crippen molar-refractivity contribution in [3.8, 4) is 0 Å². The van der Waals surface area contributed by atoms with Crippen molar-refractivity contribution in [2.45, 2.75) is 6.92 Å². The first kappa shape index (κ1) is 13.8. The lowest BCUT2D eigenvalue weighted by molar-refractivity contribution is 0.103. The molecule has 19 heavy (non-hydrogen) atoms. The number of aryl methyl sites for hydroxylation is 1. The summed E-state index contributed by atoms with van der Waals surface area (Å²) < 4.78 is 40.3. The molecule has 0 saturated carbocycles. The molecule has 0 atom stereocenters. The molecule has 2 rings (SSSR count). The maximum atomic E-state index is 13.6. The Bertz CT molecular complexity index is 668. The van der Waals surface area contributed by atoms with Crippen molar-refractivity contribution < 1.29 is 18.0 Å². The van der Waals surface area contributed by atoms with Crippen LogP contribution in [0.4, 0.5) is 13.2 Å². The van der Waals surface area contributed by atoms with Gasteiger partial charge in [0.25, 0.3) is 0 Å². The fourth-order valence-electron chi connectivity index (χ4n) is 1.73. The Morgan fingerprint density at radius 1 is 1.00 bits per heavy atom. The third-order valence-corrected chi connectivity index (χ3v) is 3.21. The summed E-state index contributed by atoms with van der Waals surface area (Å²) in [6.07, 6.45) is 0. The van der Waals surface area contributed by atoms with Crippen molar-refractivity contribution in [2.75, 3.05) is 0 Å². The Balaban J connectivity index is 2.53. The van der Waals surface area contributed by atoms with Crippen molar-refractivity contribution in [3.63, 3.8) is 0 Å². The molecule has 0 bridgehead atoms. The molecule has 2 aromatic carbocycles. The molecule has 0 heterocycles. The van der Waals surface area contributed by atoms with Gasteiger partial charge >= 0.3 is 0 Å². The molecule has 0 N–H and O–H groups in total. The summed E-state index contributed by atoms with van der Waals surface area (Å²) in [5.41, 5.74) is 0.376. The Morgan fingerprint density at radius 3 is 2.26 bits per heavy atom. The fraction of sp³-hybridized carbons (Fsp3) is 0.0714. The van der Waals surface area contributed by atoms with E-state index in [2.05, 4.69) is 15.9 Å². The largest absolute Gasteiger partial charge is 0.288 e. The van der Waals surface area contributed by atoms with Gasteiger partial charge in [-0.3, -0.25) is 4.79 Å². The highest BCUT2D eigenvalue weighted by Gasteiger charge is 2.20. The lowest BCUT2D eigenvalue weighted by atomic mass is 9.98. The van der Waals surface area contributed by atoms with Gasteiger partial charge in [-0.1, -0.05) is 15.9 Å². The first-order chi connectivity index (χ1) is 8.91. The van der Waals surface area contributed by atoms with Crippen LogP contribution in [0.15, 0.2) is 34.8 Å². The van der Waals surface area contributed by atoms with Crippen LogP contribution in [-0.2, 0) is 0 Å². The summed E-state index contributed by atoms with van der Waals surface area (Å²) in [6.45, 7) is 1.68. The van der Waals surface area contributed by atoms with E-state index in [1.807, 2.05) is 0 Å². The third kappa shape index (κ3) is 2.56. The minimum atomic E-state index is -1.64. The van der Waals surface area contributed by atoms with E-state index in [1.54, 1.807) is 19.1 Å². The van der Waals surface area contributed by atoms with E-state index in [4.69, 9.17) is 0 Å². The minimum absolute atomic E-state index is 0.244. The van der Waals surface area contributed by atoms with Crippen molar-refractivity contribution in [1.82, 2.24) is 0 Å². The van der Waals surface area contributed by atoms with Crippen molar-refractivity contribution in [1.29, 1.82) is 0 Å². The predicted octanol–water partition coefficient (Wildman–Crippen LogP) is 4.41. The van der Waals surface area contributed by atoms with Crippen LogP contribution in [0, 0.1) is 24.4 Å². The van der Waals surface area contributed by atoms with Gasteiger partial charge in [-0.25, -0.2) is 13.2 Å². The van der Waals surface area contributed by atoms with Gasteiger partial charge in [0.05, 0.1) is 5.56 Å². The van der Waals surface area contributed by atoms with Crippen LogP contribution in [-0.4, -0.2) is 5.78 Å². The van der Waals surface area contributed by atoms with Crippen LogP contribution < -0.4 is 0 Å². The van der Waals surface area contributed by atoms with Crippen LogP contribution in [0.1, 0.15) is 21.5 Å². The molecule has 0 radical (unpaired) electrons. The van der Waals surface area contributed by atoms with Crippen molar-refractivity contribution in [2.24, 2.45) is 0 Å². The lowest BCUT2D eigenvalue weighted by Gasteiger charge is -2.07. The number of rotatable bonds is 2. The summed E-state index contributed by atoms with van der Waals surface area (Å²) in [5, 5.41) is 0. The van der Waals surface area contributed by atoms with Gasteiger partial charge < -0.3 is 0 Å². The van der Waals surface area contributed by atoms with E-state index < -0.39 is 28.8 Å². The zero-order valence-electron chi connectivity index (χ0n) is 9.81. The number of hydrogen-bond acceptors (Lipinski definition) is 1. The Morgan fingerprint density at radius 2 is 1.63 bits per heavy atom. The fourth-order valence-corrected chi connectivity index (χ4v) is 2.20. The minimum Gasteiger partial charge on any atom is -0.288 e. The molecule has 2 aromatic rings. The second-order valence-corrected chi connectivity index (χ2v) is 4.93.